The van der Waals surface area contributed by atoms with E-state index in [4.69, 9.17) is 0 Å². The number of esters is 1. The average molecular weight is 312 g/mol. The van der Waals surface area contributed by atoms with Gasteiger partial charge in [0.2, 0.25) is 0 Å². The zero-order chi connectivity index (χ0) is 15.5. The van der Waals surface area contributed by atoms with Crippen molar-refractivity contribution in [3.05, 3.63) is 59.7 Å². The highest BCUT2D eigenvalue weighted by Crippen LogP contribution is 2.33. The van der Waals surface area contributed by atoms with Gasteiger partial charge in [-0.15, -0.1) is 0 Å². The molecule has 0 aliphatic heterocycles. The smallest absolute Gasteiger partial charge is 0.416 e. The monoisotopic (exact) mass is 312 g/mol. The lowest BCUT2D eigenvalue weighted by atomic mass is 10.2. The zero-order valence-electron chi connectivity index (χ0n) is 11.0. The van der Waals surface area contributed by atoms with Gasteiger partial charge in [-0.05, 0) is 48.5 Å². The first-order valence-electron chi connectivity index (χ1n) is 5.93. The number of benzene rings is 2. The molecule has 0 radical (unpaired) electrons. The van der Waals surface area contributed by atoms with Crippen LogP contribution in [0.1, 0.15) is 15.9 Å². The lowest BCUT2D eigenvalue weighted by Gasteiger charge is -2.07. The summed E-state index contributed by atoms with van der Waals surface area (Å²) >= 11 is 1.32. The van der Waals surface area contributed by atoms with Crippen LogP contribution in [0.25, 0.3) is 0 Å². The first-order chi connectivity index (χ1) is 9.90. The van der Waals surface area contributed by atoms with Crippen molar-refractivity contribution in [2.24, 2.45) is 0 Å². The molecule has 0 aromatic heterocycles. The van der Waals surface area contributed by atoms with Gasteiger partial charge < -0.3 is 4.74 Å². The SMILES string of the molecule is COC(=O)c1ccc(Sc2ccc(C(F)(F)F)cc2)cc1. The van der Waals surface area contributed by atoms with Gasteiger partial charge in [0.1, 0.15) is 0 Å². The van der Waals surface area contributed by atoms with Crippen molar-refractivity contribution in [3.8, 4) is 0 Å². The van der Waals surface area contributed by atoms with E-state index in [0.717, 1.165) is 17.0 Å². The maximum atomic E-state index is 12.4. The zero-order valence-corrected chi connectivity index (χ0v) is 11.8. The molecule has 0 spiro atoms. The van der Waals surface area contributed by atoms with Crippen LogP contribution >= 0.6 is 11.8 Å². The third-order valence-electron chi connectivity index (χ3n) is 2.69. The van der Waals surface area contributed by atoms with E-state index < -0.39 is 17.7 Å². The fraction of sp³-hybridized carbons (Fsp3) is 0.133. The molecule has 2 rings (SSSR count). The van der Waals surface area contributed by atoms with Crippen molar-refractivity contribution in [1.82, 2.24) is 0 Å². The minimum atomic E-state index is -4.33. The molecule has 6 heteroatoms. The Morgan fingerprint density at radius 1 is 0.952 bits per heavy atom. The van der Waals surface area contributed by atoms with Crippen LogP contribution in [0.5, 0.6) is 0 Å². The van der Waals surface area contributed by atoms with E-state index in [1.54, 1.807) is 24.3 Å². The highest BCUT2D eigenvalue weighted by Gasteiger charge is 2.29. The van der Waals surface area contributed by atoms with Crippen LogP contribution in [0, 0.1) is 0 Å². The summed E-state index contributed by atoms with van der Waals surface area (Å²) in [6.07, 6.45) is -4.33. The fourth-order valence-corrected chi connectivity index (χ4v) is 2.44. The van der Waals surface area contributed by atoms with Crippen molar-refractivity contribution in [3.63, 3.8) is 0 Å². The van der Waals surface area contributed by atoms with Gasteiger partial charge >= 0.3 is 12.1 Å². The Hall–Kier alpha value is -1.95. The van der Waals surface area contributed by atoms with E-state index in [0.29, 0.717) is 10.5 Å². The van der Waals surface area contributed by atoms with E-state index in [-0.39, 0.29) is 0 Å². The summed E-state index contributed by atoms with van der Waals surface area (Å²) in [5, 5.41) is 0. The first-order valence-corrected chi connectivity index (χ1v) is 6.75. The number of hydrogen-bond donors (Lipinski definition) is 0. The normalized spacial score (nSPS) is 11.2. The molecule has 0 fully saturated rings. The van der Waals surface area contributed by atoms with Crippen LogP contribution in [0.2, 0.25) is 0 Å². The Bertz CT molecular complexity index is 619. The second-order valence-electron chi connectivity index (χ2n) is 4.14. The Balaban J connectivity index is 2.10. The molecule has 0 amide bonds. The Labute approximate surface area is 123 Å². The quantitative estimate of drug-likeness (QED) is 0.772. The van der Waals surface area contributed by atoms with Crippen molar-refractivity contribution in [2.45, 2.75) is 16.0 Å². The second kappa shape index (κ2) is 6.22. The Kier molecular flexibility index (Phi) is 4.57. The van der Waals surface area contributed by atoms with E-state index in [9.17, 15) is 18.0 Å². The molecule has 21 heavy (non-hydrogen) atoms. The third kappa shape index (κ3) is 4.01. The van der Waals surface area contributed by atoms with Crippen LogP contribution < -0.4 is 0 Å². The molecule has 0 atom stereocenters. The molecule has 0 unspecified atom stereocenters. The standard InChI is InChI=1S/C15H11F3O2S/c1-20-14(19)10-2-6-12(7-3-10)21-13-8-4-11(5-9-13)15(16,17)18/h2-9H,1H3. The van der Waals surface area contributed by atoms with Crippen LogP contribution in [0.3, 0.4) is 0 Å². The maximum Gasteiger partial charge on any atom is 0.416 e. The Morgan fingerprint density at radius 2 is 1.43 bits per heavy atom. The molecule has 2 nitrogen and oxygen atoms in total. The average Bonchev–Trinajstić information content (AvgIpc) is 2.47. The van der Waals surface area contributed by atoms with Crippen molar-refractivity contribution in [1.29, 1.82) is 0 Å². The van der Waals surface area contributed by atoms with E-state index in [1.165, 1.54) is 31.0 Å². The number of carbonyl (C=O) groups excluding carboxylic acids is 1. The van der Waals surface area contributed by atoms with Crippen LogP contribution in [0.4, 0.5) is 13.2 Å². The Morgan fingerprint density at radius 3 is 1.86 bits per heavy atom. The van der Waals surface area contributed by atoms with Crippen LogP contribution in [-0.4, -0.2) is 13.1 Å². The molecule has 0 heterocycles. The van der Waals surface area contributed by atoms with Gasteiger partial charge in [-0.25, -0.2) is 4.79 Å². The fourth-order valence-electron chi connectivity index (χ4n) is 1.62. The van der Waals surface area contributed by atoms with E-state index in [1.807, 2.05) is 0 Å². The number of ether oxygens (including phenoxy) is 1. The number of methoxy groups -OCH3 is 1. The maximum absolute atomic E-state index is 12.4. The number of rotatable bonds is 3. The molecular weight excluding hydrogens is 301 g/mol. The second-order valence-corrected chi connectivity index (χ2v) is 5.29. The van der Waals surface area contributed by atoms with Gasteiger partial charge in [-0.2, -0.15) is 13.2 Å². The largest absolute Gasteiger partial charge is 0.465 e. The number of hydrogen-bond acceptors (Lipinski definition) is 3. The van der Waals surface area contributed by atoms with Gasteiger partial charge in [0.05, 0.1) is 18.2 Å². The summed E-state index contributed by atoms with van der Waals surface area (Å²) < 4.78 is 41.9. The predicted molar refractivity (Wildman–Crippen MR) is 73.3 cm³/mol. The number of alkyl halides is 3. The summed E-state index contributed by atoms with van der Waals surface area (Å²) in [7, 11) is 1.30. The van der Waals surface area contributed by atoms with Crippen molar-refractivity contribution >= 4 is 17.7 Å². The highest BCUT2D eigenvalue weighted by atomic mass is 32.2. The summed E-state index contributed by atoms with van der Waals surface area (Å²) in [5.41, 5.74) is -0.248. The lowest BCUT2D eigenvalue weighted by molar-refractivity contribution is -0.137. The molecule has 2 aromatic rings. The molecular formula is C15H11F3O2S. The minimum absolute atomic E-state index is 0.425. The van der Waals surface area contributed by atoms with Crippen LogP contribution in [-0.2, 0) is 10.9 Å². The number of halogens is 3. The molecule has 0 saturated carbocycles. The van der Waals surface area contributed by atoms with E-state index in [2.05, 4.69) is 4.74 Å². The van der Waals surface area contributed by atoms with E-state index >= 15 is 0 Å². The summed E-state index contributed by atoms with van der Waals surface area (Å²) in [5.74, 6) is -0.430. The summed E-state index contributed by atoms with van der Waals surface area (Å²) in [6.45, 7) is 0. The minimum Gasteiger partial charge on any atom is -0.465 e. The first kappa shape index (κ1) is 15.4. The lowest BCUT2D eigenvalue weighted by Crippen LogP contribution is -2.03. The predicted octanol–water partition coefficient (Wildman–Crippen LogP) is 4.64. The van der Waals surface area contributed by atoms with Crippen LogP contribution in [0.15, 0.2) is 58.3 Å². The van der Waals surface area contributed by atoms with Gasteiger partial charge in [0.15, 0.2) is 0 Å². The summed E-state index contributed by atoms with van der Waals surface area (Å²) in [6, 6.07) is 11.6. The number of carbonyl (C=O) groups is 1. The topological polar surface area (TPSA) is 26.3 Å². The van der Waals surface area contributed by atoms with Gasteiger partial charge in [0, 0.05) is 9.79 Å². The molecule has 0 saturated heterocycles. The molecule has 0 aliphatic carbocycles. The highest BCUT2D eigenvalue weighted by molar-refractivity contribution is 7.99. The van der Waals surface area contributed by atoms with Crippen molar-refractivity contribution in [2.75, 3.05) is 7.11 Å². The molecule has 0 bridgehead atoms. The van der Waals surface area contributed by atoms with Gasteiger partial charge in [-0.3, -0.25) is 0 Å². The molecule has 2 aromatic carbocycles. The third-order valence-corrected chi connectivity index (χ3v) is 3.71. The van der Waals surface area contributed by atoms with Gasteiger partial charge in [0.25, 0.3) is 0 Å². The van der Waals surface area contributed by atoms with Crippen molar-refractivity contribution < 1.29 is 22.7 Å². The van der Waals surface area contributed by atoms with Gasteiger partial charge in [-0.1, -0.05) is 11.8 Å². The molecule has 110 valence electrons. The molecule has 0 aliphatic rings. The molecule has 0 N–H and O–H groups in total. The summed E-state index contributed by atoms with van der Waals surface area (Å²) in [4.78, 5) is 12.8.